The fourth-order valence-corrected chi connectivity index (χ4v) is 4.80. The van der Waals surface area contributed by atoms with Gasteiger partial charge in [0.1, 0.15) is 73.2 Å². The van der Waals surface area contributed by atoms with E-state index in [1.54, 1.807) is 0 Å². The molecule has 0 aromatic carbocycles. The second kappa shape index (κ2) is 14.9. The maximum Gasteiger partial charge on any atom is 0.217 e. The third-order valence-corrected chi connectivity index (χ3v) is 6.96. The van der Waals surface area contributed by atoms with Crippen LogP contribution in [0.15, 0.2) is 0 Å². The fourth-order valence-electron chi connectivity index (χ4n) is 4.80. The minimum Gasteiger partial charge on any atom is -0.394 e. The Labute approximate surface area is 229 Å². The van der Waals surface area contributed by atoms with Gasteiger partial charge in [-0.1, -0.05) is 6.92 Å². The van der Waals surface area contributed by atoms with Crippen LogP contribution in [-0.2, 0) is 33.2 Å². The molecule has 15 atom stereocenters. The SMILES string of the molecule is CCCOC1OC(CO)C(O)C(O)C1OC1OC(CO)C(OC2OC(CO)C(O)C(O)C2O)C(O)C1NC(C)=O. The molecule has 15 unspecified atom stereocenters. The molecule has 0 spiro atoms. The molecule has 0 aromatic rings. The van der Waals surface area contributed by atoms with Crippen molar-refractivity contribution in [3.63, 3.8) is 0 Å². The number of rotatable bonds is 11. The van der Waals surface area contributed by atoms with Crippen molar-refractivity contribution in [2.45, 2.75) is 112 Å². The van der Waals surface area contributed by atoms with Crippen LogP contribution in [-0.4, -0.2) is 170 Å². The summed E-state index contributed by atoms with van der Waals surface area (Å²) in [6.07, 6.45) is -21.2. The minimum absolute atomic E-state index is 0.156. The van der Waals surface area contributed by atoms with E-state index in [0.29, 0.717) is 6.42 Å². The highest BCUT2D eigenvalue weighted by molar-refractivity contribution is 5.73. The van der Waals surface area contributed by atoms with Crippen LogP contribution in [0.25, 0.3) is 0 Å². The van der Waals surface area contributed by atoms with E-state index in [2.05, 4.69) is 5.32 Å². The molecule has 0 radical (unpaired) electrons. The molecule has 17 heteroatoms. The lowest BCUT2D eigenvalue weighted by atomic mass is 9.94. The second-order valence-electron chi connectivity index (χ2n) is 9.92. The molecule has 40 heavy (non-hydrogen) atoms. The van der Waals surface area contributed by atoms with Gasteiger partial charge in [-0.15, -0.1) is 0 Å². The molecule has 0 saturated carbocycles. The normalized spacial score (nSPS) is 46.2. The van der Waals surface area contributed by atoms with Crippen molar-refractivity contribution in [3.05, 3.63) is 0 Å². The quantitative estimate of drug-likeness (QED) is 0.108. The molecular weight excluding hydrogens is 546 g/mol. The van der Waals surface area contributed by atoms with Gasteiger partial charge in [0.05, 0.1) is 19.8 Å². The molecule has 0 aliphatic carbocycles. The highest BCUT2D eigenvalue weighted by atomic mass is 16.8. The Morgan fingerprint density at radius 1 is 0.675 bits per heavy atom. The average molecular weight is 588 g/mol. The van der Waals surface area contributed by atoms with Gasteiger partial charge in [0, 0.05) is 13.5 Å². The van der Waals surface area contributed by atoms with Gasteiger partial charge < -0.3 is 79.7 Å². The lowest BCUT2D eigenvalue weighted by Gasteiger charge is -2.49. The lowest BCUT2D eigenvalue weighted by molar-refractivity contribution is -0.372. The summed E-state index contributed by atoms with van der Waals surface area (Å²) in [7, 11) is 0. The Balaban J connectivity index is 1.84. The zero-order valence-corrected chi connectivity index (χ0v) is 22.1. The minimum atomic E-state index is -1.83. The van der Waals surface area contributed by atoms with Gasteiger partial charge >= 0.3 is 0 Å². The van der Waals surface area contributed by atoms with Crippen molar-refractivity contribution in [1.82, 2.24) is 5.32 Å². The van der Waals surface area contributed by atoms with Crippen LogP contribution in [0.5, 0.6) is 0 Å². The van der Waals surface area contributed by atoms with E-state index < -0.39 is 118 Å². The van der Waals surface area contributed by atoms with E-state index in [1.165, 1.54) is 0 Å². The van der Waals surface area contributed by atoms with Gasteiger partial charge in [-0.3, -0.25) is 4.79 Å². The third kappa shape index (κ3) is 7.25. The number of hydrogen-bond acceptors (Lipinski definition) is 16. The van der Waals surface area contributed by atoms with Gasteiger partial charge in [-0.25, -0.2) is 0 Å². The molecule has 3 fully saturated rings. The van der Waals surface area contributed by atoms with Crippen LogP contribution < -0.4 is 5.32 Å². The maximum absolute atomic E-state index is 12.0. The summed E-state index contributed by atoms with van der Waals surface area (Å²) < 4.78 is 33.7. The van der Waals surface area contributed by atoms with Crippen molar-refractivity contribution in [3.8, 4) is 0 Å². The second-order valence-corrected chi connectivity index (χ2v) is 9.92. The van der Waals surface area contributed by atoms with Crippen molar-refractivity contribution < 1.29 is 79.2 Å². The first-order valence-corrected chi connectivity index (χ1v) is 13.1. The highest BCUT2D eigenvalue weighted by Crippen LogP contribution is 2.32. The summed E-state index contributed by atoms with van der Waals surface area (Å²) in [6.45, 7) is 0.939. The molecule has 10 N–H and O–H groups in total. The third-order valence-electron chi connectivity index (χ3n) is 6.96. The van der Waals surface area contributed by atoms with Crippen LogP contribution in [0, 0.1) is 0 Å². The predicted molar refractivity (Wildman–Crippen MR) is 127 cm³/mol. The van der Waals surface area contributed by atoms with Crippen molar-refractivity contribution >= 4 is 5.91 Å². The molecule has 3 rings (SSSR count). The summed E-state index contributed by atoms with van der Waals surface area (Å²) in [5, 5.41) is 94.2. The number of ether oxygens (including phenoxy) is 6. The van der Waals surface area contributed by atoms with Crippen LogP contribution in [0.4, 0.5) is 0 Å². The van der Waals surface area contributed by atoms with Crippen molar-refractivity contribution in [2.75, 3.05) is 26.4 Å². The molecule has 0 bridgehead atoms. The lowest BCUT2D eigenvalue weighted by Crippen LogP contribution is -2.69. The molecule has 1 amide bonds. The molecule has 3 heterocycles. The molecule has 3 aliphatic heterocycles. The number of aliphatic hydroxyl groups is 9. The van der Waals surface area contributed by atoms with Gasteiger partial charge in [0.15, 0.2) is 18.9 Å². The molecule has 234 valence electrons. The molecule has 0 aromatic heterocycles. The Morgan fingerprint density at radius 3 is 1.75 bits per heavy atom. The monoisotopic (exact) mass is 587 g/mol. The Kier molecular flexibility index (Phi) is 12.4. The standard InChI is InChI=1S/C23H41NO16/c1-3-4-35-23-20(17(33)14(30)10(6-26)37-23)40-21-12(24-8(2)28)15(31)19(11(7-27)38-21)39-22-18(34)16(32)13(29)9(5-25)36-22/h9-23,25-27,29-34H,3-7H2,1-2H3,(H,24,28). The van der Waals surface area contributed by atoms with E-state index in [-0.39, 0.29) is 6.61 Å². The number of hydrogen-bond donors (Lipinski definition) is 10. The van der Waals surface area contributed by atoms with E-state index in [1.807, 2.05) is 6.92 Å². The summed E-state index contributed by atoms with van der Waals surface area (Å²) in [5.74, 6) is -0.644. The van der Waals surface area contributed by atoms with Crippen LogP contribution >= 0.6 is 0 Å². The number of amides is 1. The van der Waals surface area contributed by atoms with Crippen molar-refractivity contribution in [1.29, 1.82) is 0 Å². The van der Waals surface area contributed by atoms with Gasteiger partial charge in [0.2, 0.25) is 5.91 Å². The summed E-state index contributed by atoms with van der Waals surface area (Å²) in [4.78, 5) is 12.0. The van der Waals surface area contributed by atoms with Gasteiger partial charge in [-0.05, 0) is 6.42 Å². The molecular formula is C23H41NO16. The van der Waals surface area contributed by atoms with Crippen LogP contribution in [0.2, 0.25) is 0 Å². The number of carbonyl (C=O) groups excluding carboxylic acids is 1. The van der Waals surface area contributed by atoms with Crippen LogP contribution in [0.3, 0.4) is 0 Å². The summed E-state index contributed by atoms with van der Waals surface area (Å²) >= 11 is 0. The zero-order valence-electron chi connectivity index (χ0n) is 22.1. The largest absolute Gasteiger partial charge is 0.394 e. The Morgan fingerprint density at radius 2 is 1.20 bits per heavy atom. The Hall–Kier alpha value is -1.13. The predicted octanol–water partition coefficient (Wildman–Crippen LogP) is -5.99. The first-order chi connectivity index (χ1) is 19.0. The van der Waals surface area contributed by atoms with E-state index >= 15 is 0 Å². The number of carbonyl (C=O) groups is 1. The van der Waals surface area contributed by atoms with Gasteiger partial charge in [0.25, 0.3) is 0 Å². The van der Waals surface area contributed by atoms with E-state index in [4.69, 9.17) is 28.4 Å². The highest BCUT2D eigenvalue weighted by Gasteiger charge is 2.54. The maximum atomic E-state index is 12.0. The van der Waals surface area contributed by atoms with E-state index in [0.717, 1.165) is 6.92 Å². The average Bonchev–Trinajstić information content (AvgIpc) is 2.93. The molecule has 17 nitrogen and oxygen atoms in total. The van der Waals surface area contributed by atoms with Crippen molar-refractivity contribution in [2.24, 2.45) is 0 Å². The zero-order chi connectivity index (χ0) is 29.7. The topological polar surface area (TPSA) is 267 Å². The molecule has 3 saturated heterocycles. The number of nitrogens with one attached hydrogen (secondary N) is 1. The Bertz CT molecular complexity index is 792. The first kappa shape index (κ1) is 33.4. The van der Waals surface area contributed by atoms with E-state index in [9.17, 15) is 50.8 Å². The molecule has 3 aliphatic rings. The summed E-state index contributed by atoms with van der Waals surface area (Å²) in [5.41, 5.74) is 0. The van der Waals surface area contributed by atoms with Crippen LogP contribution in [0.1, 0.15) is 20.3 Å². The number of aliphatic hydroxyl groups excluding tert-OH is 9. The first-order valence-electron chi connectivity index (χ1n) is 13.1. The smallest absolute Gasteiger partial charge is 0.217 e. The summed E-state index contributed by atoms with van der Waals surface area (Å²) in [6, 6.07) is -1.43. The van der Waals surface area contributed by atoms with Gasteiger partial charge in [-0.2, -0.15) is 0 Å². The fraction of sp³-hybridized carbons (Fsp3) is 0.957.